The second-order valence-corrected chi connectivity index (χ2v) is 7.06. The zero-order valence-electron chi connectivity index (χ0n) is 14.2. The molecule has 1 aliphatic rings. The maximum atomic E-state index is 4.35. The third-order valence-corrected chi connectivity index (χ3v) is 5.22. The molecule has 0 aliphatic heterocycles. The number of nitrogens with zero attached hydrogens (tertiary/aromatic N) is 2. The Balaban J connectivity index is 1.95. The summed E-state index contributed by atoms with van der Waals surface area (Å²) in [5.41, 5.74) is 1.87. The predicted molar refractivity (Wildman–Crippen MR) is 89.4 cm³/mol. The van der Waals surface area contributed by atoms with Gasteiger partial charge in [0.15, 0.2) is 0 Å². The Morgan fingerprint density at radius 2 is 2.10 bits per heavy atom. The number of aromatic nitrogens is 2. The van der Waals surface area contributed by atoms with Crippen LogP contribution in [0.15, 0.2) is 12.4 Å². The highest BCUT2D eigenvalue weighted by atomic mass is 15.2. The molecule has 3 heteroatoms. The van der Waals surface area contributed by atoms with Crippen molar-refractivity contribution in [2.45, 2.75) is 65.2 Å². The minimum Gasteiger partial charge on any atom is -0.316 e. The lowest BCUT2D eigenvalue weighted by Crippen LogP contribution is -2.39. The molecule has 1 aliphatic carbocycles. The van der Waals surface area contributed by atoms with Gasteiger partial charge in [0.25, 0.3) is 0 Å². The molecule has 1 fully saturated rings. The van der Waals surface area contributed by atoms with Crippen molar-refractivity contribution in [2.24, 2.45) is 18.4 Å². The topological polar surface area (TPSA) is 29.9 Å². The number of rotatable bonds is 8. The van der Waals surface area contributed by atoms with Gasteiger partial charge in [0.05, 0.1) is 6.20 Å². The van der Waals surface area contributed by atoms with Crippen molar-refractivity contribution < 1.29 is 0 Å². The van der Waals surface area contributed by atoms with Gasteiger partial charge >= 0.3 is 0 Å². The van der Waals surface area contributed by atoms with Crippen LogP contribution in [0.2, 0.25) is 0 Å². The maximum Gasteiger partial charge on any atom is 0.0521 e. The first-order chi connectivity index (χ1) is 10.2. The van der Waals surface area contributed by atoms with Crippen LogP contribution < -0.4 is 5.32 Å². The van der Waals surface area contributed by atoms with Gasteiger partial charge in [-0.3, -0.25) is 4.68 Å². The summed E-state index contributed by atoms with van der Waals surface area (Å²) in [5, 5.41) is 7.96. The Bertz CT molecular complexity index is 402. The van der Waals surface area contributed by atoms with Crippen molar-refractivity contribution in [2.75, 3.05) is 13.1 Å². The molecule has 1 aromatic rings. The molecule has 0 spiro atoms. The lowest BCUT2D eigenvalue weighted by atomic mass is 9.67. The first kappa shape index (κ1) is 16.5. The Hall–Kier alpha value is -0.830. The molecule has 1 aromatic heterocycles. The Morgan fingerprint density at radius 3 is 2.67 bits per heavy atom. The highest BCUT2D eigenvalue weighted by Gasteiger charge is 2.35. The molecule has 0 atom stereocenters. The molecule has 3 nitrogen and oxygen atoms in total. The van der Waals surface area contributed by atoms with Crippen molar-refractivity contribution in [1.82, 2.24) is 15.1 Å². The van der Waals surface area contributed by atoms with E-state index in [4.69, 9.17) is 0 Å². The van der Waals surface area contributed by atoms with E-state index in [9.17, 15) is 0 Å². The highest BCUT2D eigenvalue weighted by molar-refractivity contribution is 5.09. The molecule has 0 bridgehead atoms. The summed E-state index contributed by atoms with van der Waals surface area (Å²) in [6.07, 6.45) is 15.2. The molecular formula is C18H33N3. The minimum absolute atomic E-state index is 0.460. The number of nitrogens with one attached hydrogen (secondary N) is 1. The Labute approximate surface area is 130 Å². The summed E-state index contributed by atoms with van der Waals surface area (Å²) in [5.74, 6) is 0.980. The van der Waals surface area contributed by atoms with Gasteiger partial charge in [-0.25, -0.2) is 0 Å². The summed E-state index contributed by atoms with van der Waals surface area (Å²) >= 11 is 0. The van der Waals surface area contributed by atoms with Crippen molar-refractivity contribution in [1.29, 1.82) is 0 Å². The highest BCUT2D eigenvalue weighted by Crippen LogP contribution is 2.42. The minimum atomic E-state index is 0.460. The summed E-state index contributed by atoms with van der Waals surface area (Å²) in [7, 11) is 2.02. The summed E-state index contributed by atoms with van der Waals surface area (Å²) in [4.78, 5) is 0. The van der Waals surface area contributed by atoms with Crippen LogP contribution in [0.25, 0.3) is 0 Å². The third kappa shape index (κ3) is 4.84. The average Bonchev–Trinajstić information content (AvgIpc) is 2.89. The first-order valence-corrected chi connectivity index (χ1v) is 8.85. The molecule has 21 heavy (non-hydrogen) atoms. The van der Waals surface area contributed by atoms with E-state index in [1.807, 2.05) is 11.7 Å². The van der Waals surface area contributed by atoms with Crippen molar-refractivity contribution in [3.63, 3.8) is 0 Å². The van der Waals surface area contributed by atoms with Crippen LogP contribution in [0.4, 0.5) is 0 Å². The van der Waals surface area contributed by atoms with Gasteiger partial charge in [-0.2, -0.15) is 5.10 Å². The molecule has 0 amide bonds. The normalized spacial score (nSPS) is 26.1. The van der Waals surface area contributed by atoms with Gasteiger partial charge in [-0.15, -0.1) is 0 Å². The lowest BCUT2D eigenvalue weighted by Gasteiger charge is -2.40. The van der Waals surface area contributed by atoms with Crippen LogP contribution in [-0.4, -0.2) is 22.9 Å². The van der Waals surface area contributed by atoms with Crippen LogP contribution in [0.1, 0.15) is 64.4 Å². The van der Waals surface area contributed by atoms with Gasteiger partial charge in [0, 0.05) is 19.8 Å². The average molecular weight is 291 g/mol. The number of hydrogen-bond acceptors (Lipinski definition) is 2. The van der Waals surface area contributed by atoms with Crippen LogP contribution in [-0.2, 0) is 13.5 Å². The van der Waals surface area contributed by atoms with Crippen molar-refractivity contribution in [3.05, 3.63) is 18.0 Å². The first-order valence-electron chi connectivity index (χ1n) is 8.85. The quantitative estimate of drug-likeness (QED) is 0.786. The summed E-state index contributed by atoms with van der Waals surface area (Å²) in [6, 6.07) is 0. The third-order valence-electron chi connectivity index (χ3n) is 5.22. The monoisotopic (exact) mass is 291 g/mol. The molecule has 1 heterocycles. The lowest BCUT2D eigenvalue weighted by molar-refractivity contribution is 0.139. The fraction of sp³-hybridized carbons (Fsp3) is 0.833. The fourth-order valence-electron chi connectivity index (χ4n) is 3.87. The molecule has 2 rings (SSSR count). The zero-order chi connectivity index (χ0) is 15.1. The molecule has 1 N–H and O–H groups in total. The van der Waals surface area contributed by atoms with Crippen molar-refractivity contribution in [3.8, 4) is 0 Å². The van der Waals surface area contributed by atoms with E-state index in [0.29, 0.717) is 5.41 Å². The van der Waals surface area contributed by atoms with E-state index in [2.05, 4.69) is 36.7 Å². The molecular weight excluding hydrogens is 258 g/mol. The summed E-state index contributed by atoms with van der Waals surface area (Å²) < 4.78 is 1.93. The molecule has 0 unspecified atom stereocenters. The van der Waals surface area contributed by atoms with Gasteiger partial charge < -0.3 is 5.32 Å². The van der Waals surface area contributed by atoms with Crippen LogP contribution in [0.5, 0.6) is 0 Å². The number of unbranched alkanes of at least 4 members (excludes halogenated alkanes) is 1. The summed E-state index contributed by atoms with van der Waals surface area (Å²) in [6.45, 7) is 6.76. The molecule has 0 aromatic carbocycles. The van der Waals surface area contributed by atoms with Crippen molar-refractivity contribution >= 4 is 0 Å². The Morgan fingerprint density at radius 1 is 1.33 bits per heavy atom. The predicted octanol–water partition coefficient (Wildman–Crippen LogP) is 3.94. The van der Waals surface area contributed by atoms with E-state index in [0.717, 1.165) is 12.5 Å². The fourth-order valence-corrected chi connectivity index (χ4v) is 3.87. The van der Waals surface area contributed by atoms with E-state index >= 15 is 0 Å². The van der Waals surface area contributed by atoms with Crippen LogP contribution in [0, 0.1) is 11.3 Å². The zero-order valence-corrected chi connectivity index (χ0v) is 14.2. The standard InChI is InChI=1S/C18H33N3/c1-4-6-7-16-8-10-18(11-9-16,15-19-5-2)12-17-13-20-21(3)14-17/h13-14,16,19H,4-12,15H2,1-3H3. The van der Waals surface area contributed by atoms with Gasteiger partial charge in [-0.1, -0.05) is 33.1 Å². The Kier molecular flexibility index (Phi) is 6.28. The second kappa shape index (κ2) is 7.98. The number of hydrogen-bond donors (Lipinski definition) is 1. The van der Waals surface area contributed by atoms with Gasteiger partial charge in [0.1, 0.15) is 0 Å². The van der Waals surface area contributed by atoms with E-state index in [1.54, 1.807) is 0 Å². The van der Waals surface area contributed by atoms with Gasteiger partial charge in [-0.05, 0) is 55.5 Å². The van der Waals surface area contributed by atoms with Crippen LogP contribution in [0.3, 0.4) is 0 Å². The molecule has 120 valence electrons. The second-order valence-electron chi connectivity index (χ2n) is 7.06. The SMILES string of the molecule is CCCCC1CCC(CNCC)(Cc2cnn(C)c2)CC1. The van der Waals surface area contributed by atoms with Gasteiger partial charge in [0.2, 0.25) is 0 Å². The largest absolute Gasteiger partial charge is 0.316 e. The molecule has 0 saturated heterocycles. The molecule has 0 radical (unpaired) electrons. The number of aryl methyl sites for hydroxylation is 1. The maximum absolute atomic E-state index is 4.35. The molecule has 1 saturated carbocycles. The van der Waals surface area contributed by atoms with E-state index in [1.165, 1.54) is 63.5 Å². The smallest absolute Gasteiger partial charge is 0.0521 e. The van der Waals surface area contributed by atoms with Crippen LogP contribution >= 0.6 is 0 Å². The van der Waals surface area contributed by atoms with E-state index < -0.39 is 0 Å². The van der Waals surface area contributed by atoms with E-state index in [-0.39, 0.29) is 0 Å².